The molecular weight excluding hydrogens is 246 g/mol. The molecule has 0 aliphatic carbocycles. The van der Waals surface area contributed by atoms with Crippen LogP contribution in [0.3, 0.4) is 0 Å². The highest BCUT2D eigenvalue weighted by molar-refractivity contribution is 6.12. The van der Waals surface area contributed by atoms with E-state index in [2.05, 4.69) is 20.4 Å². The Labute approximate surface area is 106 Å². The predicted octanol–water partition coefficient (Wildman–Crippen LogP) is -0.444. The van der Waals surface area contributed by atoms with Crippen LogP contribution in [0.1, 0.15) is 0 Å². The van der Waals surface area contributed by atoms with Gasteiger partial charge in [0.25, 0.3) is 11.5 Å². The van der Waals surface area contributed by atoms with Gasteiger partial charge < -0.3 is 5.32 Å². The van der Waals surface area contributed by atoms with E-state index in [1.807, 2.05) is 6.07 Å². The van der Waals surface area contributed by atoms with Gasteiger partial charge in [0.15, 0.2) is 0 Å². The maximum absolute atomic E-state index is 11.8. The number of hydrogen-bond acceptors (Lipinski definition) is 4. The summed E-state index contributed by atoms with van der Waals surface area (Å²) in [4.78, 5) is 29.8. The molecule has 1 aromatic carbocycles. The van der Waals surface area contributed by atoms with Crippen LogP contribution >= 0.6 is 0 Å². The van der Waals surface area contributed by atoms with Gasteiger partial charge in [-0.25, -0.2) is 0 Å². The molecule has 0 saturated heterocycles. The van der Waals surface area contributed by atoms with E-state index in [1.54, 1.807) is 24.3 Å². The normalized spacial score (nSPS) is 11.9. The zero-order chi connectivity index (χ0) is 13.2. The van der Waals surface area contributed by atoms with E-state index in [0.717, 1.165) is 0 Å². The Morgan fingerprint density at radius 1 is 1.32 bits per heavy atom. The number of anilines is 1. The summed E-state index contributed by atoms with van der Waals surface area (Å²) in [6.07, 6.45) is 2.49. The molecule has 0 spiro atoms. The van der Waals surface area contributed by atoms with Crippen molar-refractivity contribution in [2.45, 2.75) is 0 Å². The van der Waals surface area contributed by atoms with Crippen molar-refractivity contribution in [3.8, 4) is 0 Å². The number of H-pyrrole nitrogens is 1. The fourth-order valence-corrected chi connectivity index (χ4v) is 1.72. The van der Waals surface area contributed by atoms with E-state index in [4.69, 9.17) is 0 Å². The third-order valence-electron chi connectivity index (χ3n) is 2.54. The maximum atomic E-state index is 11.8. The zero-order valence-electron chi connectivity index (χ0n) is 9.70. The van der Waals surface area contributed by atoms with Gasteiger partial charge in [-0.05, 0) is 12.1 Å². The summed E-state index contributed by atoms with van der Waals surface area (Å²) < 4.78 is 1.28. The van der Waals surface area contributed by atoms with Gasteiger partial charge in [-0.1, -0.05) is 18.2 Å². The summed E-state index contributed by atoms with van der Waals surface area (Å²) in [6.45, 7) is 0. The third-order valence-corrected chi connectivity index (χ3v) is 2.54. The van der Waals surface area contributed by atoms with Gasteiger partial charge in [-0.2, -0.15) is 14.6 Å². The average Bonchev–Trinajstić information content (AvgIpc) is 2.94. The Hall–Kier alpha value is -2.96. The number of hydrogen-bond donors (Lipinski definition) is 2. The van der Waals surface area contributed by atoms with Crippen LogP contribution in [0.4, 0.5) is 5.69 Å². The van der Waals surface area contributed by atoms with Gasteiger partial charge in [-0.3, -0.25) is 14.6 Å². The molecule has 0 bridgehead atoms. The highest BCUT2D eigenvalue weighted by Gasteiger charge is 2.06. The van der Waals surface area contributed by atoms with Crippen molar-refractivity contribution in [2.75, 3.05) is 5.32 Å². The lowest BCUT2D eigenvalue weighted by Crippen LogP contribution is -2.29. The van der Waals surface area contributed by atoms with Crippen LogP contribution in [0.25, 0.3) is 11.9 Å². The molecule has 3 rings (SSSR count). The number of nitrogens with zero attached hydrogens (tertiary/aromatic N) is 3. The summed E-state index contributed by atoms with van der Waals surface area (Å²) in [5.74, 6) is -0.0940. The molecule has 94 valence electrons. The first-order valence-corrected chi connectivity index (χ1v) is 5.53. The molecule has 0 fully saturated rings. The zero-order valence-corrected chi connectivity index (χ0v) is 9.70. The number of carbonyl (C=O) groups excluding carboxylic acids is 1. The van der Waals surface area contributed by atoms with E-state index in [9.17, 15) is 9.59 Å². The Morgan fingerprint density at radius 2 is 2.11 bits per heavy atom. The number of aromatic nitrogens is 4. The first-order valence-electron chi connectivity index (χ1n) is 5.53. The SMILES string of the molecule is O=C(/C=c1\c(=O)[nH]c2ncnn12)Nc1ccccc1. The summed E-state index contributed by atoms with van der Waals surface area (Å²) in [7, 11) is 0. The molecule has 0 radical (unpaired) electrons. The largest absolute Gasteiger partial charge is 0.322 e. The minimum Gasteiger partial charge on any atom is -0.322 e. The standard InChI is InChI=1S/C12H9N5O2/c18-10(15-8-4-2-1-3-5-8)6-9-11(19)16-12-13-7-14-17(9)12/h1-7H,(H,15,18)(H,13,14,16,19)/b9-6+. The lowest BCUT2D eigenvalue weighted by molar-refractivity contribution is -0.110. The van der Waals surface area contributed by atoms with Gasteiger partial charge in [0.05, 0.1) is 0 Å². The Kier molecular flexibility index (Phi) is 2.57. The topological polar surface area (TPSA) is 92.2 Å². The number of rotatable bonds is 2. The second-order valence-corrected chi connectivity index (χ2v) is 3.83. The summed E-state index contributed by atoms with van der Waals surface area (Å²) in [5, 5.41) is 6.66. The molecule has 0 atom stereocenters. The van der Waals surface area contributed by atoms with E-state index >= 15 is 0 Å². The lowest BCUT2D eigenvalue weighted by atomic mass is 10.3. The number of fused-ring (bicyclic) bond motifs is 1. The molecule has 7 nitrogen and oxygen atoms in total. The number of nitrogens with one attached hydrogen (secondary N) is 2. The van der Waals surface area contributed by atoms with E-state index in [1.165, 1.54) is 16.9 Å². The number of carbonyl (C=O) groups is 1. The van der Waals surface area contributed by atoms with Gasteiger partial charge in [0, 0.05) is 11.8 Å². The molecule has 0 saturated carbocycles. The van der Waals surface area contributed by atoms with Crippen molar-refractivity contribution in [2.24, 2.45) is 0 Å². The molecule has 0 unspecified atom stereocenters. The molecule has 2 heterocycles. The van der Waals surface area contributed by atoms with Crippen molar-refractivity contribution < 1.29 is 4.79 Å². The van der Waals surface area contributed by atoms with Crippen LogP contribution in [0.15, 0.2) is 41.5 Å². The second kappa shape index (κ2) is 4.37. The molecule has 1 amide bonds. The third kappa shape index (κ3) is 2.08. The summed E-state index contributed by atoms with van der Waals surface area (Å²) >= 11 is 0. The van der Waals surface area contributed by atoms with E-state index in [-0.39, 0.29) is 5.35 Å². The Bertz CT molecular complexity index is 834. The predicted molar refractivity (Wildman–Crippen MR) is 68.4 cm³/mol. The smallest absolute Gasteiger partial charge is 0.277 e. The molecular formula is C12H9N5O2. The van der Waals surface area contributed by atoms with Gasteiger partial charge in [-0.15, -0.1) is 0 Å². The van der Waals surface area contributed by atoms with Crippen LogP contribution in [0, 0.1) is 0 Å². The van der Waals surface area contributed by atoms with Crippen molar-refractivity contribution >= 4 is 23.4 Å². The molecule has 2 aromatic heterocycles. The summed E-state index contributed by atoms with van der Waals surface area (Å²) in [6, 6.07) is 8.97. The first kappa shape index (κ1) is 11.1. The van der Waals surface area contributed by atoms with E-state index in [0.29, 0.717) is 11.5 Å². The van der Waals surface area contributed by atoms with Crippen LogP contribution in [0.5, 0.6) is 0 Å². The number of para-hydroxylation sites is 1. The van der Waals surface area contributed by atoms with Crippen molar-refractivity contribution in [1.82, 2.24) is 19.6 Å². The lowest BCUT2D eigenvalue weighted by Gasteiger charge is -1.99. The Morgan fingerprint density at radius 3 is 2.89 bits per heavy atom. The molecule has 19 heavy (non-hydrogen) atoms. The van der Waals surface area contributed by atoms with Gasteiger partial charge in [0.1, 0.15) is 11.7 Å². The quantitative estimate of drug-likeness (QED) is 0.649. The number of aromatic amines is 1. The average molecular weight is 255 g/mol. The van der Waals surface area contributed by atoms with Crippen molar-refractivity contribution in [1.29, 1.82) is 0 Å². The van der Waals surface area contributed by atoms with Gasteiger partial charge in [0.2, 0.25) is 5.78 Å². The van der Waals surface area contributed by atoms with Crippen LogP contribution in [0.2, 0.25) is 0 Å². The Balaban J connectivity index is 1.97. The van der Waals surface area contributed by atoms with E-state index < -0.39 is 11.5 Å². The number of imidazole rings is 1. The van der Waals surface area contributed by atoms with Gasteiger partial charge >= 0.3 is 0 Å². The molecule has 0 aliphatic heterocycles. The highest BCUT2D eigenvalue weighted by Crippen LogP contribution is 2.04. The second-order valence-electron chi connectivity index (χ2n) is 3.83. The molecule has 3 aromatic rings. The maximum Gasteiger partial charge on any atom is 0.277 e. The van der Waals surface area contributed by atoms with Crippen molar-refractivity contribution in [3.63, 3.8) is 0 Å². The van der Waals surface area contributed by atoms with Crippen LogP contribution in [-0.4, -0.2) is 25.5 Å². The highest BCUT2D eigenvalue weighted by atomic mass is 16.1. The molecule has 7 heteroatoms. The first-order chi connectivity index (χ1) is 9.24. The minimum atomic E-state index is -0.404. The molecule has 2 N–H and O–H groups in total. The number of benzene rings is 1. The van der Waals surface area contributed by atoms with Crippen LogP contribution in [-0.2, 0) is 4.79 Å². The van der Waals surface area contributed by atoms with Crippen molar-refractivity contribution in [3.05, 3.63) is 52.4 Å². The fraction of sp³-hybridized carbons (Fsp3) is 0. The number of amides is 1. The summed E-state index contributed by atoms with van der Waals surface area (Å²) in [5.41, 5.74) is 0.250. The molecule has 0 aliphatic rings. The fourth-order valence-electron chi connectivity index (χ4n) is 1.72. The van der Waals surface area contributed by atoms with Crippen LogP contribution < -0.4 is 16.2 Å². The minimum absolute atomic E-state index is 0.140. The monoisotopic (exact) mass is 255 g/mol.